The maximum atomic E-state index is 12.5. The predicted molar refractivity (Wildman–Crippen MR) is 77.3 cm³/mol. The summed E-state index contributed by atoms with van der Waals surface area (Å²) in [5.74, 6) is 0.0707. The van der Waals surface area contributed by atoms with Gasteiger partial charge in [-0.2, -0.15) is 13.2 Å². The molecule has 0 saturated heterocycles. The van der Waals surface area contributed by atoms with Crippen LogP contribution < -0.4 is 5.32 Å². The average Bonchev–Trinajstić information content (AvgIpc) is 3.28. The van der Waals surface area contributed by atoms with Crippen molar-refractivity contribution in [3.63, 3.8) is 0 Å². The second-order valence-electron chi connectivity index (χ2n) is 6.41. The molecule has 1 aromatic carbocycles. The fourth-order valence-corrected chi connectivity index (χ4v) is 3.33. The van der Waals surface area contributed by atoms with E-state index in [0.29, 0.717) is 0 Å². The first-order chi connectivity index (χ1) is 10.4. The summed E-state index contributed by atoms with van der Waals surface area (Å²) in [6.07, 6.45) is 2.09. The van der Waals surface area contributed by atoms with Gasteiger partial charge >= 0.3 is 6.18 Å². The zero-order valence-corrected chi connectivity index (χ0v) is 12.3. The maximum Gasteiger partial charge on any atom is 0.416 e. The summed E-state index contributed by atoms with van der Waals surface area (Å²) in [6, 6.07) is 5.49. The molecule has 2 fully saturated rings. The third-order valence-electron chi connectivity index (χ3n) is 4.74. The van der Waals surface area contributed by atoms with Gasteiger partial charge in [0.2, 0.25) is 5.91 Å². The number of nitrogens with one attached hydrogen (secondary N) is 1. The third kappa shape index (κ3) is 3.45. The van der Waals surface area contributed by atoms with E-state index in [2.05, 4.69) is 5.32 Å². The van der Waals surface area contributed by atoms with Crippen LogP contribution in [0.4, 0.5) is 13.2 Å². The minimum atomic E-state index is -4.31. The first-order valence-electron chi connectivity index (χ1n) is 7.92. The number of alkyl halides is 3. The van der Waals surface area contributed by atoms with Gasteiger partial charge in [0.15, 0.2) is 0 Å². The number of hydrogen-bond donors (Lipinski definition) is 1. The van der Waals surface area contributed by atoms with Crippen LogP contribution in [0.1, 0.15) is 55.6 Å². The quantitative estimate of drug-likeness (QED) is 0.888. The number of carbonyl (C=O) groups excluding carboxylic acids is 1. The summed E-state index contributed by atoms with van der Waals surface area (Å²) in [6.45, 7) is 0. The Kier molecular flexibility index (Phi) is 4.15. The average molecular weight is 311 g/mol. The molecule has 0 radical (unpaired) electrons. The highest BCUT2D eigenvalue weighted by Crippen LogP contribution is 2.48. The molecule has 1 N–H and O–H groups in total. The van der Waals surface area contributed by atoms with Crippen molar-refractivity contribution >= 4 is 5.91 Å². The Labute approximate surface area is 128 Å². The summed E-state index contributed by atoms with van der Waals surface area (Å²) < 4.78 is 37.6. The zero-order valence-electron chi connectivity index (χ0n) is 12.3. The Balaban J connectivity index is 1.56. The minimum absolute atomic E-state index is 0.0665. The lowest BCUT2D eigenvalue weighted by Crippen LogP contribution is -2.37. The summed E-state index contributed by atoms with van der Waals surface area (Å²) in [5, 5.41) is 3.10. The molecule has 2 unspecified atom stereocenters. The Morgan fingerprint density at radius 1 is 1.05 bits per heavy atom. The molecule has 1 aromatic rings. The largest absolute Gasteiger partial charge is 0.416 e. The maximum absolute atomic E-state index is 12.5. The van der Waals surface area contributed by atoms with Crippen molar-refractivity contribution < 1.29 is 18.0 Å². The van der Waals surface area contributed by atoms with Gasteiger partial charge < -0.3 is 5.32 Å². The van der Waals surface area contributed by atoms with E-state index in [9.17, 15) is 18.0 Å². The van der Waals surface area contributed by atoms with E-state index in [1.807, 2.05) is 0 Å². The molecule has 1 amide bonds. The first kappa shape index (κ1) is 15.4. The van der Waals surface area contributed by atoms with Crippen molar-refractivity contribution in [1.82, 2.24) is 5.32 Å². The lowest BCUT2D eigenvalue weighted by atomic mass is 9.95. The fourth-order valence-electron chi connectivity index (χ4n) is 3.33. The van der Waals surface area contributed by atoms with Crippen molar-refractivity contribution in [3.05, 3.63) is 35.4 Å². The number of carbonyl (C=O) groups is 1. The van der Waals surface area contributed by atoms with Crippen molar-refractivity contribution in [2.45, 2.75) is 56.7 Å². The van der Waals surface area contributed by atoms with Gasteiger partial charge in [0, 0.05) is 12.0 Å². The third-order valence-corrected chi connectivity index (χ3v) is 4.74. The Hall–Kier alpha value is -1.52. The van der Waals surface area contributed by atoms with Gasteiger partial charge in [-0.15, -0.1) is 0 Å². The lowest BCUT2D eigenvalue weighted by molar-refractivity contribution is -0.137. The van der Waals surface area contributed by atoms with Gasteiger partial charge in [0.1, 0.15) is 0 Å². The molecular weight excluding hydrogens is 291 g/mol. The molecule has 2 atom stereocenters. The summed E-state index contributed by atoms with van der Waals surface area (Å²) in [5.41, 5.74) is 0.192. The van der Waals surface area contributed by atoms with E-state index in [-0.39, 0.29) is 23.8 Å². The van der Waals surface area contributed by atoms with Crippen molar-refractivity contribution in [2.24, 2.45) is 5.92 Å². The molecule has 0 aromatic heterocycles. The SMILES string of the molecule is O=C(NC1CCCCC1)C1CC1c1ccc(C(F)(F)F)cc1. The highest BCUT2D eigenvalue weighted by molar-refractivity contribution is 5.83. The predicted octanol–water partition coefficient (Wildman–Crippen LogP) is 4.26. The second kappa shape index (κ2) is 5.94. The normalized spacial score (nSPS) is 25.8. The van der Waals surface area contributed by atoms with Crippen LogP contribution in [-0.2, 0) is 11.0 Å². The monoisotopic (exact) mass is 311 g/mol. The van der Waals surface area contributed by atoms with E-state index in [4.69, 9.17) is 0 Å². The van der Waals surface area contributed by atoms with Crippen LogP contribution in [0, 0.1) is 5.92 Å². The van der Waals surface area contributed by atoms with Crippen LogP contribution in [0.15, 0.2) is 24.3 Å². The molecule has 2 aliphatic rings. The smallest absolute Gasteiger partial charge is 0.353 e. The molecule has 2 nitrogen and oxygen atoms in total. The van der Waals surface area contributed by atoms with Gasteiger partial charge in [-0.3, -0.25) is 4.79 Å². The topological polar surface area (TPSA) is 29.1 Å². The number of rotatable bonds is 3. The molecule has 0 spiro atoms. The van der Waals surface area contributed by atoms with E-state index >= 15 is 0 Å². The van der Waals surface area contributed by atoms with Crippen LogP contribution in [0.5, 0.6) is 0 Å². The fraction of sp³-hybridized carbons (Fsp3) is 0.588. The van der Waals surface area contributed by atoms with Crippen molar-refractivity contribution in [1.29, 1.82) is 0 Å². The molecule has 0 aliphatic heterocycles. The lowest BCUT2D eigenvalue weighted by Gasteiger charge is -2.22. The summed E-state index contributed by atoms with van der Waals surface area (Å²) >= 11 is 0. The standard InChI is InChI=1S/C17H20F3NO/c18-17(19,20)12-8-6-11(7-9-12)14-10-15(14)16(22)21-13-4-2-1-3-5-13/h6-9,13-15H,1-5,10H2,(H,21,22). The van der Waals surface area contributed by atoms with E-state index in [0.717, 1.165) is 49.8 Å². The molecule has 120 valence electrons. The molecule has 0 bridgehead atoms. The molecular formula is C17H20F3NO. The second-order valence-corrected chi connectivity index (χ2v) is 6.41. The van der Waals surface area contributed by atoms with Crippen LogP contribution in [0.3, 0.4) is 0 Å². The van der Waals surface area contributed by atoms with Gasteiger partial charge in [-0.1, -0.05) is 31.4 Å². The first-order valence-corrected chi connectivity index (χ1v) is 7.92. The van der Waals surface area contributed by atoms with E-state index < -0.39 is 11.7 Å². The Morgan fingerprint density at radius 3 is 2.27 bits per heavy atom. The van der Waals surface area contributed by atoms with E-state index in [1.165, 1.54) is 18.6 Å². The van der Waals surface area contributed by atoms with Gasteiger partial charge in [-0.05, 0) is 42.9 Å². The minimum Gasteiger partial charge on any atom is -0.353 e. The number of halogens is 3. The molecule has 0 heterocycles. The highest BCUT2D eigenvalue weighted by Gasteiger charge is 2.44. The summed E-state index contributed by atoms with van der Waals surface area (Å²) in [4.78, 5) is 12.2. The molecule has 3 rings (SSSR count). The number of benzene rings is 1. The Morgan fingerprint density at radius 2 is 1.68 bits per heavy atom. The van der Waals surface area contributed by atoms with Crippen molar-refractivity contribution in [3.8, 4) is 0 Å². The highest BCUT2D eigenvalue weighted by atomic mass is 19.4. The summed E-state index contributed by atoms with van der Waals surface area (Å²) in [7, 11) is 0. The molecule has 2 saturated carbocycles. The Bertz CT molecular complexity index is 532. The van der Waals surface area contributed by atoms with Gasteiger partial charge in [0.05, 0.1) is 5.56 Å². The van der Waals surface area contributed by atoms with Crippen molar-refractivity contribution in [2.75, 3.05) is 0 Å². The van der Waals surface area contributed by atoms with Gasteiger partial charge in [-0.25, -0.2) is 0 Å². The molecule has 22 heavy (non-hydrogen) atoms. The van der Waals surface area contributed by atoms with Crippen LogP contribution in [0.2, 0.25) is 0 Å². The van der Waals surface area contributed by atoms with Crippen LogP contribution >= 0.6 is 0 Å². The van der Waals surface area contributed by atoms with Crippen LogP contribution in [0.25, 0.3) is 0 Å². The zero-order chi connectivity index (χ0) is 15.7. The molecule has 5 heteroatoms. The van der Waals surface area contributed by atoms with Crippen LogP contribution in [-0.4, -0.2) is 11.9 Å². The number of amides is 1. The number of hydrogen-bond acceptors (Lipinski definition) is 1. The molecule has 2 aliphatic carbocycles. The van der Waals surface area contributed by atoms with E-state index in [1.54, 1.807) is 0 Å². The van der Waals surface area contributed by atoms with Gasteiger partial charge in [0.25, 0.3) is 0 Å².